The van der Waals surface area contributed by atoms with Crippen molar-refractivity contribution in [2.45, 2.75) is 13.2 Å². The van der Waals surface area contributed by atoms with Gasteiger partial charge in [0.1, 0.15) is 30.2 Å². The predicted octanol–water partition coefficient (Wildman–Crippen LogP) is 4.30. The van der Waals surface area contributed by atoms with Gasteiger partial charge in [0.05, 0.1) is 22.8 Å². The van der Waals surface area contributed by atoms with E-state index >= 15 is 0 Å². The zero-order valence-electron chi connectivity index (χ0n) is 17.4. The van der Waals surface area contributed by atoms with Gasteiger partial charge in [-0.25, -0.2) is 9.97 Å². The molecule has 1 aromatic carbocycles. The van der Waals surface area contributed by atoms with Crippen LogP contribution in [0.2, 0.25) is 5.02 Å². The van der Waals surface area contributed by atoms with Gasteiger partial charge in [-0.15, -0.1) is 0 Å². The van der Waals surface area contributed by atoms with E-state index in [2.05, 4.69) is 37.3 Å². The number of amides is 1. The van der Waals surface area contributed by atoms with E-state index in [1.807, 2.05) is 24.3 Å². The molecule has 33 heavy (non-hydrogen) atoms. The standard InChI is InChI=1S/C23H19ClN6O3/c1-2-22(31)27-11-17-10-21(33-30-17)18-12-25-14-28-23(18)29-15-6-7-20(19(24)9-15)32-13-16-5-3-4-8-26-16/h2-10,12,14H,1,11,13H2,(H,27,31)(H,25,28,29). The van der Waals surface area contributed by atoms with Crippen molar-refractivity contribution in [2.24, 2.45) is 0 Å². The van der Waals surface area contributed by atoms with Gasteiger partial charge in [-0.1, -0.05) is 29.4 Å². The van der Waals surface area contributed by atoms with Gasteiger partial charge in [-0.2, -0.15) is 0 Å². The van der Waals surface area contributed by atoms with E-state index in [0.29, 0.717) is 45.9 Å². The normalized spacial score (nSPS) is 10.5. The zero-order valence-corrected chi connectivity index (χ0v) is 18.1. The summed E-state index contributed by atoms with van der Waals surface area (Å²) in [5, 5.41) is 10.3. The Balaban J connectivity index is 1.46. The highest BCUT2D eigenvalue weighted by Gasteiger charge is 2.14. The second-order valence-corrected chi connectivity index (χ2v) is 7.18. The summed E-state index contributed by atoms with van der Waals surface area (Å²) in [5.41, 5.74) is 2.64. The van der Waals surface area contributed by atoms with Crippen LogP contribution in [-0.4, -0.2) is 26.0 Å². The maximum atomic E-state index is 11.3. The van der Waals surface area contributed by atoms with Gasteiger partial charge in [0.25, 0.3) is 0 Å². The van der Waals surface area contributed by atoms with Crippen molar-refractivity contribution in [3.05, 3.63) is 90.3 Å². The van der Waals surface area contributed by atoms with Crippen LogP contribution in [0.3, 0.4) is 0 Å². The minimum atomic E-state index is -0.297. The van der Waals surface area contributed by atoms with Crippen LogP contribution in [0.25, 0.3) is 11.3 Å². The lowest BCUT2D eigenvalue weighted by atomic mass is 10.2. The third-order valence-corrected chi connectivity index (χ3v) is 4.76. The molecule has 1 amide bonds. The number of benzene rings is 1. The van der Waals surface area contributed by atoms with Gasteiger partial charge < -0.3 is 19.9 Å². The quantitative estimate of drug-likeness (QED) is 0.354. The van der Waals surface area contributed by atoms with Gasteiger partial charge >= 0.3 is 0 Å². The highest BCUT2D eigenvalue weighted by Crippen LogP contribution is 2.32. The van der Waals surface area contributed by atoms with Crippen LogP contribution in [0.15, 0.2) is 78.4 Å². The molecule has 9 nitrogen and oxygen atoms in total. The highest BCUT2D eigenvalue weighted by molar-refractivity contribution is 6.32. The molecule has 0 fully saturated rings. The summed E-state index contributed by atoms with van der Waals surface area (Å²) < 4.78 is 11.2. The molecule has 0 aliphatic carbocycles. The van der Waals surface area contributed by atoms with Crippen LogP contribution in [0, 0.1) is 0 Å². The summed E-state index contributed by atoms with van der Waals surface area (Å²) in [4.78, 5) is 23.9. The first-order chi connectivity index (χ1) is 16.1. The Kier molecular flexibility index (Phi) is 6.91. The van der Waals surface area contributed by atoms with E-state index in [-0.39, 0.29) is 12.5 Å². The molecule has 0 unspecified atom stereocenters. The lowest BCUT2D eigenvalue weighted by Crippen LogP contribution is -2.19. The number of rotatable bonds is 9. The molecule has 4 aromatic rings. The molecule has 0 saturated heterocycles. The van der Waals surface area contributed by atoms with Crippen LogP contribution < -0.4 is 15.4 Å². The monoisotopic (exact) mass is 462 g/mol. The fourth-order valence-corrected chi connectivity index (χ4v) is 3.08. The third-order valence-electron chi connectivity index (χ3n) is 4.46. The van der Waals surface area contributed by atoms with E-state index in [0.717, 1.165) is 5.69 Å². The summed E-state index contributed by atoms with van der Waals surface area (Å²) in [6.45, 7) is 3.93. The number of aromatic nitrogens is 4. The molecule has 0 radical (unpaired) electrons. The number of nitrogens with one attached hydrogen (secondary N) is 2. The molecule has 0 aliphatic rings. The lowest BCUT2D eigenvalue weighted by molar-refractivity contribution is -0.116. The van der Waals surface area contributed by atoms with Crippen molar-refractivity contribution in [2.75, 3.05) is 5.32 Å². The number of anilines is 2. The van der Waals surface area contributed by atoms with Gasteiger partial charge in [-0.3, -0.25) is 9.78 Å². The first kappa shape index (κ1) is 22.0. The number of pyridine rings is 1. The Hall–Kier alpha value is -4.24. The maximum Gasteiger partial charge on any atom is 0.243 e. The zero-order chi connectivity index (χ0) is 23.0. The average Bonchev–Trinajstić information content (AvgIpc) is 3.32. The van der Waals surface area contributed by atoms with E-state index in [1.54, 1.807) is 30.6 Å². The van der Waals surface area contributed by atoms with Crippen LogP contribution >= 0.6 is 11.6 Å². The fourth-order valence-electron chi connectivity index (χ4n) is 2.85. The van der Waals surface area contributed by atoms with Gasteiger partial charge in [0.15, 0.2) is 5.76 Å². The topological polar surface area (TPSA) is 115 Å². The van der Waals surface area contributed by atoms with E-state index in [9.17, 15) is 4.79 Å². The average molecular weight is 463 g/mol. The Labute approximate surface area is 194 Å². The van der Waals surface area contributed by atoms with E-state index in [1.165, 1.54) is 12.4 Å². The molecule has 3 aromatic heterocycles. The predicted molar refractivity (Wildman–Crippen MR) is 123 cm³/mol. The number of carbonyl (C=O) groups excluding carboxylic acids is 1. The number of hydrogen-bond acceptors (Lipinski definition) is 8. The summed E-state index contributed by atoms with van der Waals surface area (Å²) >= 11 is 6.41. The number of hydrogen-bond donors (Lipinski definition) is 2. The minimum absolute atomic E-state index is 0.209. The lowest BCUT2D eigenvalue weighted by Gasteiger charge is -2.11. The number of halogens is 1. The van der Waals surface area contributed by atoms with Gasteiger partial charge in [-0.05, 0) is 36.4 Å². The molecule has 2 N–H and O–H groups in total. The molecule has 166 valence electrons. The Morgan fingerprint density at radius 3 is 2.88 bits per heavy atom. The van der Waals surface area contributed by atoms with E-state index in [4.69, 9.17) is 20.9 Å². The summed E-state index contributed by atoms with van der Waals surface area (Å²) in [6.07, 6.45) is 5.92. The van der Waals surface area contributed by atoms with Gasteiger partial charge in [0.2, 0.25) is 5.91 Å². The van der Waals surface area contributed by atoms with Crippen molar-refractivity contribution in [1.82, 2.24) is 25.4 Å². The molecule has 0 bridgehead atoms. The second-order valence-electron chi connectivity index (χ2n) is 6.77. The minimum Gasteiger partial charge on any atom is -0.486 e. The molecular formula is C23H19ClN6O3. The third kappa shape index (κ3) is 5.72. The fraction of sp³-hybridized carbons (Fsp3) is 0.0870. The number of ether oxygens (including phenoxy) is 1. The van der Waals surface area contributed by atoms with Crippen molar-refractivity contribution in [3.8, 4) is 17.1 Å². The highest BCUT2D eigenvalue weighted by atomic mass is 35.5. The number of nitrogens with zero attached hydrogens (tertiary/aromatic N) is 4. The first-order valence-electron chi connectivity index (χ1n) is 9.88. The SMILES string of the molecule is C=CC(=O)NCc1cc(-c2cncnc2Nc2ccc(OCc3ccccn3)c(Cl)c2)on1. The number of carbonyl (C=O) groups is 1. The first-order valence-corrected chi connectivity index (χ1v) is 10.3. The molecule has 0 aliphatic heterocycles. The molecule has 4 rings (SSSR count). The van der Waals surface area contributed by atoms with E-state index < -0.39 is 0 Å². The Morgan fingerprint density at radius 1 is 1.18 bits per heavy atom. The Bertz CT molecular complexity index is 1260. The van der Waals surface area contributed by atoms with Crippen LogP contribution in [0.5, 0.6) is 5.75 Å². The molecule has 0 atom stereocenters. The molecule has 0 saturated carbocycles. The van der Waals surface area contributed by atoms with Crippen LogP contribution in [0.4, 0.5) is 11.5 Å². The van der Waals surface area contributed by atoms with Crippen molar-refractivity contribution in [3.63, 3.8) is 0 Å². The summed E-state index contributed by atoms with van der Waals surface area (Å²) in [6, 6.07) is 12.6. The van der Waals surface area contributed by atoms with Gasteiger partial charge in [0, 0.05) is 24.1 Å². The second kappa shape index (κ2) is 10.4. The van der Waals surface area contributed by atoms with Crippen molar-refractivity contribution >= 4 is 29.0 Å². The maximum absolute atomic E-state index is 11.3. The van der Waals surface area contributed by atoms with Crippen LogP contribution in [-0.2, 0) is 17.9 Å². The molecular weight excluding hydrogens is 444 g/mol. The molecule has 3 heterocycles. The van der Waals surface area contributed by atoms with Crippen LogP contribution in [0.1, 0.15) is 11.4 Å². The summed E-state index contributed by atoms with van der Waals surface area (Å²) in [5.74, 6) is 1.19. The smallest absolute Gasteiger partial charge is 0.243 e. The largest absolute Gasteiger partial charge is 0.486 e. The van der Waals surface area contributed by atoms with Crippen molar-refractivity contribution < 1.29 is 14.1 Å². The van der Waals surface area contributed by atoms with Crippen molar-refractivity contribution in [1.29, 1.82) is 0 Å². The Morgan fingerprint density at radius 2 is 2.09 bits per heavy atom. The molecule has 10 heteroatoms. The summed E-state index contributed by atoms with van der Waals surface area (Å²) in [7, 11) is 0. The molecule has 0 spiro atoms.